The largest absolute Gasteiger partial charge is 0.417 e. The van der Waals surface area contributed by atoms with Gasteiger partial charge in [-0.15, -0.1) is 0 Å². The van der Waals surface area contributed by atoms with E-state index in [1.807, 2.05) is 0 Å². The summed E-state index contributed by atoms with van der Waals surface area (Å²) >= 11 is 0. The van der Waals surface area contributed by atoms with Crippen molar-refractivity contribution in [3.63, 3.8) is 0 Å². The molecule has 0 amide bonds. The summed E-state index contributed by atoms with van der Waals surface area (Å²) in [6, 6.07) is 1.69. The van der Waals surface area contributed by atoms with Gasteiger partial charge in [0.1, 0.15) is 0 Å². The monoisotopic (exact) mass is 188 g/mol. The number of aryl methyl sites for hydroxylation is 1. The van der Waals surface area contributed by atoms with Crippen molar-refractivity contribution < 1.29 is 13.5 Å². The summed E-state index contributed by atoms with van der Waals surface area (Å²) in [5.41, 5.74) is 6.68. The van der Waals surface area contributed by atoms with Crippen LogP contribution in [0.1, 0.15) is 11.1 Å². The summed E-state index contributed by atoms with van der Waals surface area (Å²) in [5, 5.41) is 0. The predicted octanol–water partition coefficient (Wildman–Crippen LogP) is 1.45. The number of pyridine rings is 1. The molecule has 0 aliphatic carbocycles. The summed E-state index contributed by atoms with van der Waals surface area (Å²) in [7, 11) is 0. The summed E-state index contributed by atoms with van der Waals surface area (Å²) in [6.07, 6.45) is 1.41. The van der Waals surface area contributed by atoms with E-state index >= 15 is 0 Å². The molecular weight excluding hydrogens is 178 g/mol. The van der Waals surface area contributed by atoms with E-state index in [-0.39, 0.29) is 12.4 Å². The van der Waals surface area contributed by atoms with E-state index in [9.17, 15) is 8.78 Å². The highest BCUT2D eigenvalue weighted by atomic mass is 19.3. The van der Waals surface area contributed by atoms with Crippen LogP contribution in [0.15, 0.2) is 12.3 Å². The summed E-state index contributed by atoms with van der Waals surface area (Å²) in [6.45, 7) is -0.955. The van der Waals surface area contributed by atoms with Crippen LogP contribution in [0.25, 0.3) is 0 Å². The van der Waals surface area contributed by atoms with Gasteiger partial charge < -0.3 is 10.5 Å². The van der Waals surface area contributed by atoms with Gasteiger partial charge in [-0.2, -0.15) is 8.78 Å². The van der Waals surface area contributed by atoms with E-state index in [1.54, 1.807) is 13.0 Å². The summed E-state index contributed by atoms with van der Waals surface area (Å²) in [5.74, 6) is -0.0856. The SMILES string of the molecule is Cc1ccnc(OC(F)F)c1CN. The van der Waals surface area contributed by atoms with Crippen LogP contribution >= 0.6 is 0 Å². The van der Waals surface area contributed by atoms with Gasteiger partial charge in [-0.05, 0) is 18.6 Å². The van der Waals surface area contributed by atoms with Gasteiger partial charge in [-0.25, -0.2) is 4.98 Å². The molecule has 0 aliphatic rings. The van der Waals surface area contributed by atoms with Crippen LogP contribution in [0.3, 0.4) is 0 Å². The van der Waals surface area contributed by atoms with Crippen molar-refractivity contribution in [1.82, 2.24) is 4.98 Å². The lowest BCUT2D eigenvalue weighted by Crippen LogP contribution is -2.09. The number of nitrogens with zero attached hydrogens (tertiary/aromatic N) is 1. The molecule has 5 heteroatoms. The molecule has 0 spiro atoms. The molecule has 1 aromatic rings. The number of aromatic nitrogens is 1. The first kappa shape index (κ1) is 9.85. The van der Waals surface area contributed by atoms with Crippen molar-refractivity contribution >= 4 is 0 Å². The molecule has 1 aromatic heterocycles. The van der Waals surface area contributed by atoms with E-state index in [0.717, 1.165) is 5.56 Å². The van der Waals surface area contributed by atoms with Gasteiger partial charge in [-0.3, -0.25) is 0 Å². The average Bonchev–Trinajstić information content (AvgIpc) is 2.03. The lowest BCUT2D eigenvalue weighted by atomic mass is 10.1. The van der Waals surface area contributed by atoms with E-state index in [0.29, 0.717) is 5.56 Å². The maximum atomic E-state index is 11.9. The fraction of sp³-hybridized carbons (Fsp3) is 0.375. The molecule has 0 unspecified atom stereocenters. The van der Waals surface area contributed by atoms with Crippen LogP contribution < -0.4 is 10.5 Å². The van der Waals surface area contributed by atoms with Gasteiger partial charge in [0.2, 0.25) is 5.88 Å². The third-order valence-electron chi connectivity index (χ3n) is 1.66. The Bertz CT molecular complexity index is 291. The molecule has 0 saturated carbocycles. The molecule has 0 radical (unpaired) electrons. The maximum absolute atomic E-state index is 11.9. The van der Waals surface area contributed by atoms with Crippen LogP contribution in [0.2, 0.25) is 0 Å². The first-order chi connectivity index (χ1) is 6.15. The van der Waals surface area contributed by atoms with Gasteiger partial charge in [0.25, 0.3) is 0 Å². The van der Waals surface area contributed by atoms with Crippen molar-refractivity contribution in [2.75, 3.05) is 0 Å². The smallest absolute Gasteiger partial charge is 0.388 e. The van der Waals surface area contributed by atoms with Gasteiger partial charge in [-0.1, -0.05) is 0 Å². The zero-order valence-corrected chi connectivity index (χ0v) is 7.13. The average molecular weight is 188 g/mol. The molecule has 2 N–H and O–H groups in total. The molecule has 13 heavy (non-hydrogen) atoms. The molecule has 3 nitrogen and oxygen atoms in total. The van der Waals surface area contributed by atoms with Crippen LogP contribution in [0, 0.1) is 6.92 Å². The van der Waals surface area contributed by atoms with E-state index < -0.39 is 6.61 Å². The highest BCUT2D eigenvalue weighted by molar-refractivity contribution is 5.33. The molecule has 1 heterocycles. The molecule has 0 aliphatic heterocycles. The molecule has 0 aromatic carbocycles. The Labute approximate surface area is 74.5 Å². The number of halogens is 2. The highest BCUT2D eigenvalue weighted by Gasteiger charge is 2.11. The standard InChI is InChI=1S/C8H10F2N2O/c1-5-2-3-12-7(6(5)4-11)13-8(9)10/h2-3,8H,4,11H2,1H3. The van der Waals surface area contributed by atoms with Crippen molar-refractivity contribution in [2.24, 2.45) is 5.73 Å². The van der Waals surface area contributed by atoms with Crippen LogP contribution in [0.4, 0.5) is 8.78 Å². The predicted molar refractivity (Wildman–Crippen MR) is 43.5 cm³/mol. The van der Waals surface area contributed by atoms with Gasteiger partial charge in [0, 0.05) is 18.3 Å². The molecule has 72 valence electrons. The topological polar surface area (TPSA) is 48.1 Å². The second-order valence-electron chi connectivity index (χ2n) is 2.49. The Morgan fingerprint density at radius 1 is 1.62 bits per heavy atom. The Hall–Kier alpha value is -1.23. The number of hydrogen-bond donors (Lipinski definition) is 1. The minimum Gasteiger partial charge on any atom is -0.417 e. The molecule has 1 rings (SSSR count). The fourth-order valence-corrected chi connectivity index (χ4v) is 0.998. The van der Waals surface area contributed by atoms with Gasteiger partial charge >= 0.3 is 6.61 Å². The minimum absolute atomic E-state index is 0.0856. The molecule has 0 atom stereocenters. The Morgan fingerprint density at radius 2 is 2.31 bits per heavy atom. The van der Waals surface area contributed by atoms with Gasteiger partial charge in [0.05, 0.1) is 0 Å². The zero-order valence-electron chi connectivity index (χ0n) is 7.13. The molecule has 0 fully saturated rings. The second-order valence-corrected chi connectivity index (χ2v) is 2.49. The number of rotatable bonds is 3. The van der Waals surface area contributed by atoms with Gasteiger partial charge in [0.15, 0.2) is 0 Å². The highest BCUT2D eigenvalue weighted by Crippen LogP contribution is 2.19. The number of ether oxygens (including phenoxy) is 1. The van der Waals surface area contributed by atoms with Crippen molar-refractivity contribution in [1.29, 1.82) is 0 Å². The third kappa shape index (κ3) is 2.35. The molecule has 0 saturated heterocycles. The summed E-state index contributed by atoms with van der Waals surface area (Å²) < 4.78 is 27.9. The lowest BCUT2D eigenvalue weighted by molar-refractivity contribution is -0.0535. The fourth-order valence-electron chi connectivity index (χ4n) is 0.998. The Morgan fingerprint density at radius 3 is 2.85 bits per heavy atom. The van der Waals surface area contributed by atoms with E-state index in [2.05, 4.69) is 9.72 Å². The summed E-state index contributed by atoms with van der Waals surface area (Å²) in [4.78, 5) is 3.67. The third-order valence-corrected chi connectivity index (χ3v) is 1.66. The minimum atomic E-state index is -2.86. The number of alkyl halides is 2. The number of nitrogens with two attached hydrogens (primary N) is 1. The first-order valence-electron chi connectivity index (χ1n) is 3.74. The van der Waals surface area contributed by atoms with E-state index in [1.165, 1.54) is 6.20 Å². The second kappa shape index (κ2) is 4.13. The van der Waals surface area contributed by atoms with Crippen molar-refractivity contribution in [2.45, 2.75) is 20.1 Å². The molecular formula is C8H10F2N2O. The normalized spacial score (nSPS) is 10.5. The van der Waals surface area contributed by atoms with Crippen LogP contribution in [0.5, 0.6) is 5.88 Å². The van der Waals surface area contributed by atoms with Crippen molar-refractivity contribution in [3.8, 4) is 5.88 Å². The van der Waals surface area contributed by atoms with E-state index in [4.69, 9.17) is 5.73 Å². The lowest BCUT2D eigenvalue weighted by Gasteiger charge is -2.09. The van der Waals surface area contributed by atoms with Crippen LogP contribution in [-0.2, 0) is 6.54 Å². The Balaban J connectivity index is 2.98. The molecule has 0 bridgehead atoms. The maximum Gasteiger partial charge on any atom is 0.388 e. The quantitative estimate of drug-likeness (QED) is 0.780. The first-order valence-corrected chi connectivity index (χ1v) is 3.74. The zero-order chi connectivity index (χ0) is 9.84. The Kier molecular flexibility index (Phi) is 3.13. The number of hydrogen-bond acceptors (Lipinski definition) is 3. The van der Waals surface area contributed by atoms with Crippen molar-refractivity contribution in [3.05, 3.63) is 23.4 Å². The van der Waals surface area contributed by atoms with Crippen LogP contribution in [-0.4, -0.2) is 11.6 Å².